The minimum absolute atomic E-state index is 0.00965. The number of oxazole rings is 1. The molecule has 3 heterocycles. The summed E-state index contributed by atoms with van der Waals surface area (Å²) < 4.78 is 5.92. The topological polar surface area (TPSA) is 66.7 Å². The van der Waals surface area contributed by atoms with Crippen molar-refractivity contribution < 1.29 is 14.0 Å². The van der Waals surface area contributed by atoms with E-state index in [-0.39, 0.29) is 23.7 Å². The van der Waals surface area contributed by atoms with Crippen LogP contribution >= 0.6 is 0 Å². The lowest BCUT2D eigenvalue weighted by Gasteiger charge is -2.32. The van der Waals surface area contributed by atoms with Gasteiger partial charge in [0.15, 0.2) is 11.5 Å². The Hall–Kier alpha value is -2.47. The third kappa shape index (κ3) is 2.88. The van der Waals surface area contributed by atoms with Crippen LogP contribution in [-0.4, -0.2) is 46.4 Å². The predicted octanol–water partition coefficient (Wildman–Crippen LogP) is 2.92. The molecule has 0 bridgehead atoms. The Morgan fingerprint density at radius 2 is 1.67 bits per heavy atom. The molecular weight excluding hydrogens is 342 g/mol. The van der Waals surface area contributed by atoms with Crippen LogP contribution in [0.2, 0.25) is 0 Å². The van der Waals surface area contributed by atoms with Crippen molar-refractivity contribution in [2.24, 2.45) is 11.8 Å². The van der Waals surface area contributed by atoms with Crippen LogP contribution in [0.15, 0.2) is 40.8 Å². The molecule has 5 rings (SSSR count). The average Bonchev–Trinajstić information content (AvgIpc) is 3.24. The molecule has 0 spiro atoms. The van der Waals surface area contributed by atoms with Gasteiger partial charge in [0.25, 0.3) is 0 Å². The van der Waals surface area contributed by atoms with E-state index in [1.54, 1.807) is 0 Å². The molecule has 6 heteroatoms. The molecule has 2 aliphatic heterocycles. The number of rotatable bonds is 3. The summed E-state index contributed by atoms with van der Waals surface area (Å²) in [6.45, 7) is 2.10. The van der Waals surface area contributed by atoms with Crippen LogP contribution in [0.25, 0.3) is 11.1 Å². The Kier molecular flexibility index (Phi) is 4.08. The van der Waals surface area contributed by atoms with E-state index < -0.39 is 0 Å². The van der Waals surface area contributed by atoms with E-state index in [0.717, 1.165) is 42.9 Å². The number of piperidine rings is 1. The first-order chi connectivity index (χ1) is 13.2. The number of benzene rings is 1. The molecule has 2 amide bonds. The second-order valence-corrected chi connectivity index (χ2v) is 7.81. The maximum atomic E-state index is 12.6. The summed E-state index contributed by atoms with van der Waals surface area (Å²) in [4.78, 5) is 33.6. The number of allylic oxidation sites excluding steroid dienone is 2. The Morgan fingerprint density at radius 1 is 1.00 bits per heavy atom. The summed E-state index contributed by atoms with van der Waals surface area (Å²) in [6, 6.07) is 7.84. The Labute approximate surface area is 157 Å². The van der Waals surface area contributed by atoms with E-state index in [4.69, 9.17) is 4.42 Å². The molecule has 0 radical (unpaired) electrons. The van der Waals surface area contributed by atoms with Crippen molar-refractivity contribution in [2.75, 3.05) is 19.8 Å². The van der Waals surface area contributed by atoms with Gasteiger partial charge in [-0.05, 0) is 37.8 Å². The Morgan fingerprint density at radius 3 is 2.33 bits per heavy atom. The number of para-hydroxylation sites is 2. The number of hydrogen-bond donors (Lipinski definition) is 0. The van der Waals surface area contributed by atoms with E-state index in [0.29, 0.717) is 25.4 Å². The molecule has 2 fully saturated rings. The van der Waals surface area contributed by atoms with Gasteiger partial charge in [0.2, 0.25) is 11.8 Å². The van der Waals surface area contributed by atoms with E-state index in [2.05, 4.69) is 9.88 Å². The minimum Gasteiger partial charge on any atom is -0.440 e. The zero-order chi connectivity index (χ0) is 18.4. The summed E-state index contributed by atoms with van der Waals surface area (Å²) in [6.07, 6.45) is 7.31. The normalized spacial score (nSPS) is 26.9. The monoisotopic (exact) mass is 365 g/mol. The SMILES string of the molecule is O=C1[C@H]2CC=CC[C@H]2C(=O)N1CN1CCC(c2nc3ccccc3o2)CC1. The molecule has 1 aromatic heterocycles. The number of aromatic nitrogens is 1. The van der Waals surface area contributed by atoms with Gasteiger partial charge >= 0.3 is 0 Å². The molecule has 3 aliphatic rings. The first-order valence-corrected chi connectivity index (χ1v) is 9.79. The molecular formula is C21H23N3O3. The highest BCUT2D eigenvalue weighted by Crippen LogP contribution is 2.36. The quantitative estimate of drug-likeness (QED) is 0.618. The average molecular weight is 365 g/mol. The van der Waals surface area contributed by atoms with E-state index in [9.17, 15) is 9.59 Å². The number of carbonyl (C=O) groups is 2. The summed E-state index contributed by atoms with van der Waals surface area (Å²) in [5, 5.41) is 0. The van der Waals surface area contributed by atoms with Crippen LogP contribution in [0.5, 0.6) is 0 Å². The van der Waals surface area contributed by atoms with Crippen molar-refractivity contribution in [1.29, 1.82) is 0 Å². The van der Waals surface area contributed by atoms with Gasteiger partial charge in [-0.2, -0.15) is 0 Å². The highest BCUT2D eigenvalue weighted by Gasteiger charge is 2.47. The van der Waals surface area contributed by atoms with Crippen molar-refractivity contribution in [3.63, 3.8) is 0 Å². The molecule has 6 nitrogen and oxygen atoms in total. The highest BCUT2D eigenvalue weighted by molar-refractivity contribution is 6.05. The number of carbonyl (C=O) groups excluding carboxylic acids is 2. The molecule has 140 valence electrons. The van der Waals surface area contributed by atoms with Gasteiger partial charge in [0.1, 0.15) is 5.52 Å². The standard InChI is InChI=1S/C21H23N3O3/c25-20-15-5-1-2-6-16(15)21(26)24(20)13-23-11-9-14(10-12-23)19-22-17-7-3-4-8-18(17)27-19/h1-4,7-8,14-16H,5-6,9-13H2/t15-,16+. The molecule has 0 saturated carbocycles. The van der Waals surface area contributed by atoms with E-state index in [1.165, 1.54) is 4.90 Å². The lowest BCUT2D eigenvalue weighted by Crippen LogP contribution is -2.44. The van der Waals surface area contributed by atoms with Crippen LogP contribution in [0.4, 0.5) is 0 Å². The van der Waals surface area contributed by atoms with Gasteiger partial charge < -0.3 is 4.42 Å². The lowest BCUT2D eigenvalue weighted by atomic mass is 9.85. The summed E-state index contributed by atoms with van der Waals surface area (Å²) in [5.74, 6) is 0.845. The summed E-state index contributed by atoms with van der Waals surface area (Å²) in [7, 11) is 0. The van der Waals surface area contributed by atoms with Crippen molar-refractivity contribution in [3.8, 4) is 0 Å². The maximum absolute atomic E-state index is 12.6. The predicted molar refractivity (Wildman–Crippen MR) is 99.6 cm³/mol. The largest absolute Gasteiger partial charge is 0.440 e. The second-order valence-electron chi connectivity index (χ2n) is 7.81. The molecule has 2 aromatic rings. The number of hydrogen-bond acceptors (Lipinski definition) is 5. The van der Waals surface area contributed by atoms with Gasteiger partial charge in [-0.25, -0.2) is 4.98 Å². The molecule has 2 saturated heterocycles. The zero-order valence-electron chi connectivity index (χ0n) is 15.2. The van der Waals surface area contributed by atoms with Crippen molar-refractivity contribution in [2.45, 2.75) is 31.6 Å². The number of imide groups is 1. The van der Waals surface area contributed by atoms with Gasteiger partial charge in [0.05, 0.1) is 18.5 Å². The molecule has 0 N–H and O–H groups in total. The van der Waals surface area contributed by atoms with Gasteiger partial charge in [-0.1, -0.05) is 24.3 Å². The third-order valence-electron chi connectivity index (χ3n) is 6.19. The minimum atomic E-state index is -0.139. The fraction of sp³-hybridized carbons (Fsp3) is 0.476. The Balaban J connectivity index is 1.22. The molecule has 1 aromatic carbocycles. The number of amides is 2. The highest BCUT2D eigenvalue weighted by atomic mass is 16.3. The van der Waals surface area contributed by atoms with Crippen LogP contribution in [0.3, 0.4) is 0 Å². The van der Waals surface area contributed by atoms with E-state index >= 15 is 0 Å². The van der Waals surface area contributed by atoms with Gasteiger partial charge in [-0.15, -0.1) is 0 Å². The van der Waals surface area contributed by atoms with Gasteiger partial charge in [-0.3, -0.25) is 19.4 Å². The maximum Gasteiger partial charge on any atom is 0.234 e. The molecule has 1 aliphatic carbocycles. The van der Waals surface area contributed by atoms with Crippen LogP contribution in [0, 0.1) is 11.8 Å². The van der Waals surface area contributed by atoms with Crippen molar-refractivity contribution in [3.05, 3.63) is 42.3 Å². The summed E-state index contributed by atoms with van der Waals surface area (Å²) >= 11 is 0. The van der Waals surface area contributed by atoms with E-state index in [1.807, 2.05) is 36.4 Å². The smallest absolute Gasteiger partial charge is 0.234 e. The van der Waals surface area contributed by atoms with Crippen LogP contribution in [0.1, 0.15) is 37.5 Å². The second kappa shape index (κ2) is 6.60. The number of likely N-dealkylation sites (tertiary alicyclic amines) is 2. The number of nitrogens with zero attached hydrogens (tertiary/aromatic N) is 3. The molecule has 0 unspecified atom stereocenters. The van der Waals surface area contributed by atoms with Crippen molar-refractivity contribution >= 4 is 22.9 Å². The van der Waals surface area contributed by atoms with Gasteiger partial charge in [0, 0.05) is 19.0 Å². The fourth-order valence-corrected chi connectivity index (χ4v) is 4.59. The van der Waals surface area contributed by atoms with Crippen molar-refractivity contribution in [1.82, 2.24) is 14.8 Å². The molecule has 2 atom stereocenters. The molecule has 27 heavy (non-hydrogen) atoms. The Bertz CT molecular complexity index is 851. The lowest BCUT2D eigenvalue weighted by molar-refractivity contribution is -0.142. The third-order valence-corrected chi connectivity index (χ3v) is 6.19. The first kappa shape index (κ1) is 16.7. The first-order valence-electron chi connectivity index (χ1n) is 9.79. The number of fused-ring (bicyclic) bond motifs is 2. The zero-order valence-corrected chi connectivity index (χ0v) is 15.2. The van der Waals surface area contributed by atoms with Crippen LogP contribution in [-0.2, 0) is 9.59 Å². The summed E-state index contributed by atoms with van der Waals surface area (Å²) in [5.41, 5.74) is 1.74. The fourth-order valence-electron chi connectivity index (χ4n) is 4.59. The van der Waals surface area contributed by atoms with Crippen LogP contribution < -0.4 is 0 Å².